The summed E-state index contributed by atoms with van der Waals surface area (Å²) in [5, 5.41) is 11.6. The summed E-state index contributed by atoms with van der Waals surface area (Å²) >= 11 is 0. The Balaban J connectivity index is 4.19. The highest BCUT2D eigenvalue weighted by Crippen LogP contribution is 2.09. The van der Waals surface area contributed by atoms with E-state index in [-0.39, 0.29) is 11.8 Å². The normalized spacial score (nSPS) is 14.6. The highest BCUT2D eigenvalue weighted by molar-refractivity contribution is 5.83. The second-order valence-electron chi connectivity index (χ2n) is 4.70. The summed E-state index contributed by atoms with van der Waals surface area (Å²) in [5.74, 6) is -0.702. The molecule has 16 heavy (non-hydrogen) atoms. The van der Waals surface area contributed by atoms with Crippen LogP contribution in [0.15, 0.2) is 0 Å². The summed E-state index contributed by atoms with van der Waals surface area (Å²) in [6.45, 7) is 7.83. The molecule has 0 spiro atoms. The fourth-order valence-corrected chi connectivity index (χ4v) is 1.35. The van der Waals surface area contributed by atoms with E-state index in [2.05, 4.69) is 5.32 Å². The summed E-state index contributed by atoms with van der Waals surface area (Å²) in [4.78, 5) is 22.5. The van der Waals surface area contributed by atoms with Crippen LogP contribution >= 0.6 is 0 Å². The van der Waals surface area contributed by atoms with Crippen LogP contribution in [0.3, 0.4) is 0 Å². The van der Waals surface area contributed by atoms with Crippen molar-refractivity contribution in [3.05, 3.63) is 0 Å². The highest BCUT2D eigenvalue weighted by atomic mass is 16.4. The van der Waals surface area contributed by atoms with Crippen molar-refractivity contribution in [2.75, 3.05) is 0 Å². The number of carboxylic acids is 1. The third kappa shape index (κ3) is 5.73. The topological polar surface area (TPSA) is 66.4 Å². The second kappa shape index (κ2) is 7.25. The largest absolute Gasteiger partial charge is 0.480 e. The number of aliphatic carboxylic acids is 1. The molecule has 0 aliphatic carbocycles. The molecule has 2 atom stereocenters. The molecule has 0 saturated carbocycles. The molecule has 0 aromatic heterocycles. The summed E-state index contributed by atoms with van der Waals surface area (Å²) < 4.78 is 0. The number of hydrogen-bond donors (Lipinski definition) is 2. The number of carbonyl (C=O) groups is 2. The molecule has 0 fully saturated rings. The second-order valence-corrected chi connectivity index (χ2v) is 4.70. The molecule has 0 radical (unpaired) electrons. The molecule has 2 N–H and O–H groups in total. The van der Waals surface area contributed by atoms with Crippen molar-refractivity contribution in [1.29, 1.82) is 0 Å². The minimum atomic E-state index is -0.952. The molecule has 0 heterocycles. The minimum absolute atomic E-state index is 0.0412. The first kappa shape index (κ1) is 14.9. The van der Waals surface area contributed by atoms with E-state index >= 15 is 0 Å². The Kier molecular flexibility index (Phi) is 6.77. The molecule has 0 rings (SSSR count). The van der Waals surface area contributed by atoms with Crippen molar-refractivity contribution in [3.63, 3.8) is 0 Å². The molecular formula is C12H23NO3. The number of rotatable bonds is 7. The van der Waals surface area contributed by atoms with Gasteiger partial charge in [-0.3, -0.25) is 4.79 Å². The van der Waals surface area contributed by atoms with Crippen LogP contribution < -0.4 is 5.32 Å². The number of nitrogens with one attached hydrogen (secondary N) is 1. The fraction of sp³-hybridized carbons (Fsp3) is 0.833. The highest BCUT2D eigenvalue weighted by Gasteiger charge is 2.24. The summed E-state index contributed by atoms with van der Waals surface area (Å²) in [5.41, 5.74) is 0. The van der Waals surface area contributed by atoms with E-state index in [1.165, 1.54) is 0 Å². The quantitative estimate of drug-likeness (QED) is 0.702. The lowest BCUT2D eigenvalue weighted by atomic mass is 9.99. The molecule has 0 saturated heterocycles. The average Bonchev–Trinajstić information content (AvgIpc) is 2.21. The molecule has 2 unspecified atom stereocenters. The van der Waals surface area contributed by atoms with E-state index in [1.54, 1.807) is 0 Å². The first-order valence-electron chi connectivity index (χ1n) is 5.90. The van der Waals surface area contributed by atoms with Crippen LogP contribution in [0.5, 0.6) is 0 Å². The van der Waals surface area contributed by atoms with Crippen LogP contribution in [0.2, 0.25) is 0 Å². The van der Waals surface area contributed by atoms with Gasteiger partial charge in [-0.1, -0.05) is 34.1 Å². The van der Waals surface area contributed by atoms with E-state index < -0.39 is 12.0 Å². The summed E-state index contributed by atoms with van der Waals surface area (Å²) in [7, 11) is 0. The molecular weight excluding hydrogens is 206 g/mol. The van der Waals surface area contributed by atoms with Crippen molar-refractivity contribution in [1.82, 2.24) is 5.32 Å². The molecule has 0 bridgehead atoms. The van der Waals surface area contributed by atoms with E-state index in [1.807, 2.05) is 27.7 Å². The maximum absolute atomic E-state index is 11.5. The monoisotopic (exact) mass is 229 g/mol. The van der Waals surface area contributed by atoms with Gasteiger partial charge in [0.05, 0.1) is 0 Å². The Labute approximate surface area is 97.4 Å². The van der Waals surface area contributed by atoms with Gasteiger partial charge in [0.2, 0.25) is 5.91 Å². The standard InChI is InChI=1S/C12H23NO3/c1-5-9(4)11(12(15)16)13-10(14)7-6-8(2)3/h8-9,11H,5-7H2,1-4H3,(H,13,14)(H,15,16). The fourth-order valence-electron chi connectivity index (χ4n) is 1.35. The van der Waals surface area contributed by atoms with Gasteiger partial charge < -0.3 is 10.4 Å². The molecule has 94 valence electrons. The Bertz CT molecular complexity index is 238. The molecule has 4 nitrogen and oxygen atoms in total. The lowest BCUT2D eigenvalue weighted by molar-refractivity contribution is -0.143. The third-order valence-electron chi connectivity index (χ3n) is 2.74. The van der Waals surface area contributed by atoms with Crippen molar-refractivity contribution in [2.24, 2.45) is 11.8 Å². The van der Waals surface area contributed by atoms with E-state index in [0.717, 1.165) is 12.8 Å². The zero-order valence-electron chi connectivity index (χ0n) is 10.6. The van der Waals surface area contributed by atoms with Gasteiger partial charge in [-0.25, -0.2) is 4.79 Å². The number of amides is 1. The van der Waals surface area contributed by atoms with E-state index in [4.69, 9.17) is 5.11 Å². The Morgan fingerprint density at radius 2 is 1.81 bits per heavy atom. The van der Waals surface area contributed by atoms with Gasteiger partial charge >= 0.3 is 5.97 Å². The van der Waals surface area contributed by atoms with Crippen LogP contribution in [0.4, 0.5) is 0 Å². The van der Waals surface area contributed by atoms with Crippen molar-refractivity contribution < 1.29 is 14.7 Å². The summed E-state index contributed by atoms with van der Waals surface area (Å²) in [6, 6.07) is -0.760. The van der Waals surface area contributed by atoms with Crippen LogP contribution in [0.1, 0.15) is 47.0 Å². The zero-order chi connectivity index (χ0) is 12.7. The summed E-state index contributed by atoms with van der Waals surface area (Å²) in [6.07, 6.45) is 1.93. The van der Waals surface area contributed by atoms with Gasteiger partial charge in [-0.15, -0.1) is 0 Å². The molecule has 1 amide bonds. The van der Waals surface area contributed by atoms with Gasteiger partial charge in [0.15, 0.2) is 0 Å². The Morgan fingerprint density at radius 3 is 2.19 bits per heavy atom. The molecule has 0 aliphatic heterocycles. The van der Waals surface area contributed by atoms with Crippen molar-refractivity contribution in [3.8, 4) is 0 Å². The van der Waals surface area contributed by atoms with Gasteiger partial charge in [-0.2, -0.15) is 0 Å². The molecule has 0 aromatic rings. The SMILES string of the molecule is CCC(C)C(NC(=O)CCC(C)C)C(=O)O. The maximum atomic E-state index is 11.5. The third-order valence-corrected chi connectivity index (χ3v) is 2.74. The van der Waals surface area contributed by atoms with Crippen LogP contribution in [-0.2, 0) is 9.59 Å². The van der Waals surface area contributed by atoms with Gasteiger partial charge in [0.1, 0.15) is 6.04 Å². The smallest absolute Gasteiger partial charge is 0.326 e. The lowest BCUT2D eigenvalue weighted by Gasteiger charge is -2.20. The van der Waals surface area contributed by atoms with Gasteiger partial charge in [-0.05, 0) is 18.3 Å². The number of carboxylic acid groups (broad SMARTS) is 1. The lowest BCUT2D eigenvalue weighted by Crippen LogP contribution is -2.45. The predicted octanol–water partition coefficient (Wildman–Crippen LogP) is 2.04. The Morgan fingerprint density at radius 1 is 1.25 bits per heavy atom. The average molecular weight is 229 g/mol. The van der Waals surface area contributed by atoms with Crippen molar-refractivity contribution >= 4 is 11.9 Å². The predicted molar refractivity (Wildman–Crippen MR) is 63.1 cm³/mol. The van der Waals surface area contributed by atoms with Gasteiger partial charge in [0.25, 0.3) is 0 Å². The van der Waals surface area contributed by atoms with E-state index in [0.29, 0.717) is 12.3 Å². The van der Waals surface area contributed by atoms with E-state index in [9.17, 15) is 9.59 Å². The van der Waals surface area contributed by atoms with Crippen LogP contribution in [-0.4, -0.2) is 23.0 Å². The minimum Gasteiger partial charge on any atom is -0.480 e. The van der Waals surface area contributed by atoms with Crippen LogP contribution in [0, 0.1) is 11.8 Å². The maximum Gasteiger partial charge on any atom is 0.326 e. The molecule has 4 heteroatoms. The van der Waals surface area contributed by atoms with Crippen molar-refractivity contribution in [2.45, 2.75) is 53.0 Å². The number of hydrogen-bond acceptors (Lipinski definition) is 2. The number of carbonyl (C=O) groups excluding carboxylic acids is 1. The Hall–Kier alpha value is -1.06. The zero-order valence-corrected chi connectivity index (χ0v) is 10.6. The first-order valence-corrected chi connectivity index (χ1v) is 5.90. The molecule has 0 aliphatic rings. The molecule has 0 aromatic carbocycles. The van der Waals surface area contributed by atoms with Gasteiger partial charge in [0, 0.05) is 6.42 Å². The first-order chi connectivity index (χ1) is 7.38. The van der Waals surface area contributed by atoms with Crippen LogP contribution in [0.25, 0.3) is 0 Å².